The Morgan fingerprint density at radius 3 is 2.31 bits per heavy atom. The van der Waals surface area contributed by atoms with E-state index in [1.807, 2.05) is 31.2 Å². The van der Waals surface area contributed by atoms with Crippen molar-refractivity contribution >= 4 is 69.4 Å². The van der Waals surface area contributed by atoms with Crippen molar-refractivity contribution in [2.45, 2.75) is 13.5 Å². The maximum Gasteiger partial charge on any atom is 0.264 e. The lowest BCUT2D eigenvalue weighted by molar-refractivity contribution is -0.115. The summed E-state index contributed by atoms with van der Waals surface area (Å²) in [4.78, 5) is 17.3. The number of benzene rings is 3. The Hall–Kier alpha value is -2.44. The van der Waals surface area contributed by atoms with Gasteiger partial charge in [0, 0.05) is 5.02 Å². The van der Waals surface area contributed by atoms with Gasteiger partial charge in [0.1, 0.15) is 6.61 Å². The summed E-state index contributed by atoms with van der Waals surface area (Å²) in [7, 11) is 0. The van der Waals surface area contributed by atoms with E-state index in [-0.39, 0.29) is 5.91 Å². The van der Waals surface area contributed by atoms with Gasteiger partial charge in [0.15, 0.2) is 10.9 Å². The van der Waals surface area contributed by atoms with E-state index in [1.54, 1.807) is 42.5 Å². The number of carbonyl (C=O) groups is 1. The molecule has 0 aromatic heterocycles. The number of aliphatic imine (C=N–C) groups is 1. The highest BCUT2D eigenvalue weighted by Gasteiger charge is 2.24. The molecule has 162 valence electrons. The zero-order valence-electron chi connectivity index (χ0n) is 16.9. The van der Waals surface area contributed by atoms with Gasteiger partial charge in [-0.05, 0) is 72.3 Å². The van der Waals surface area contributed by atoms with Crippen molar-refractivity contribution in [3.05, 3.63) is 97.3 Å². The highest BCUT2D eigenvalue weighted by Crippen LogP contribution is 2.37. The molecule has 1 N–H and O–H groups in total. The number of nitrogens with one attached hydrogen (secondary N) is 1. The van der Waals surface area contributed by atoms with Gasteiger partial charge in [0.25, 0.3) is 5.91 Å². The Bertz CT molecular complexity index is 1200. The van der Waals surface area contributed by atoms with Crippen molar-refractivity contribution in [2.75, 3.05) is 0 Å². The average Bonchev–Trinajstić information content (AvgIpc) is 3.09. The van der Waals surface area contributed by atoms with Gasteiger partial charge in [-0.3, -0.25) is 4.79 Å². The van der Waals surface area contributed by atoms with E-state index in [0.29, 0.717) is 48.7 Å². The number of thioether (sulfide) groups is 1. The molecule has 0 radical (unpaired) electrons. The van der Waals surface area contributed by atoms with Gasteiger partial charge < -0.3 is 10.1 Å². The predicted octanol–water partition coefficient (Wildman–Crippen LogP) is 7.43. The highest BCUT2D eigenvalue weighted by atomic mass is 35.5. The van der Waals surface area contributed by atoms with Crippen LogP contribution in [0.1, 0.15) is 16.7 Å². The third-order valence-electron chi connectivity index (χ3n) is 4.53. The van der Waals surface area contributed by atoms with Gasteiger partial charge in [0.2, 0.25) is 0 Å². The highest BCUT2D eigenvalue weighted by molar-refractivity contribution is 8.18. The molecule has 8 heteroatoms. The molecular formula is C24H17Cl3N2O2S. The molecule has 0 saturated carbocycles. The zero-order chi connectivity index (χ0) is 22.7. The Morgan fingerprint density at radius 1 is 1.00 bits per heavy atom. The molecule has 0 bridgehead atoms. The van der Waals surface area contributed by atoms with Gasteiger partial charge >= 0.3 is 0 Å². The van der Waals surface area contributed by atoms with Crippen molar-refractivity contribution in [1.82, 2.24) is 5.32 Å². The lowest BCUT2D eigenvalue weighted by Gasteiger charge is -2.11. The lowest BCUT2D eigenvalue weighted by Crippen LogP contribution is -2.19. The third kappa shape index (κ3) is 5.67. The molecule has 4 nitrogen and oxygen atoms in total. The molecule has 1 aliphatic rings. The number of nitrogens with zero attached hydrogens (tertiary/aromatic N) is 1. The van der Waals surface area contributed by atoms with Crippen LogP contribution in [-0.4, -0.2) is 11.1 Å². The number of halogens is 3. The number of ether oxygens (including phenoxy) is 1. The van der Waals surface area contributed by atoms with Gasteiger partial charge in [-0.25, -0.2) is 4.99 Å². The Balaban J connectivity index is 1.49. The molecule has 3 aromatic carbocycles. The maximum atomic E-state index is 12.4. The smallest absolute Gasteiger partial charge is 0.264 e. The van der Waals surface area contributed by atoms with E-state index in [9.17, 15) is 4.79 Å². The fourth-order valence-corrected chi connectivity index (χ4v) is 4.49. The quantitative estimate of drug-likeness (QED) is 0.368. The van der Waals surface area contributed by atoms with Crippen LogP contribution in [-0.2, 0) is 11.4 Å². The van der Waals surface area contributed by atoms with Crippen LogP contribution in [0.3, 0.4) is 0 Å². The number of hydrogen-bond acceptors (Lipinski definition) is 4. The molecule has 0 atom stereocenters. The van der Waals surface area contributed by atoms with E-state index in [4.69, 9.17) is 39.5 Å². The van der Waals surface area contributed by atoms with Crippen molar-refractivity contribution in [3.8, 4) is 5.75 Å². The van der Waals surface area contributed by atoms with Crippen LogP contribution in [0.5, 0.6) is 5.75 Å². The largest absolute Gasteiger partial charge is 0.486 e. The zero-order valence-corrected chi connectivity index (χ0v) is 19.9. The van der Waals surface area contributed by atoms with Crippen molar-refractivity contribution in [2.24, 2.45) is 4.99 Å². The number of amides is 1. The number of carbonyl (C=O) groups excluding carboxylic acids is 1. The summed E-state index contributed by atoms with van der Waals surface area (Å²) in [5, 5.41) is 4.60. The molecule has 1 fully saturated rings. The first-order chi connectivity index (χ1) is 15.4. The first-order valence-electron chi connectivity index (χ1n) is 9.60. The van der Waals surface area contributed by atoms with Crippen LogP contribution in [0.2, 0.25) is 15.1 Å². The van der Waals surface area contributed by atoms with E-state index in [0.717, 1.165) is 5.56 Å². The SMILES string of the molecule is Cc1ccc(COc2c(Cl)cc(/C=C3\SC(=Nc4ccc(Cl)cc4)NC3=O)cc2Cl)cc1. The van der Waals surface area contributed by atoms with Crippen LogP contribution in [0, 0.1) is 6.92 Å². The normalized spacial score (nSPS) is 15.9. The van der Waals surface area contributed by atoms with E-state index in [1.165, 1.54) is 17.3 Å². The summed E-state index contributed by atoms with van der Waals surface area (Å²) in [5.41, 5.74) is 3.57. The Kier molecular flexibility index (Phi) is 7.11. The second kappa shape index (κ2) is 10.0. The molecule has 1 aliphatic heterocycles. The predicted molar refractivity (Wildman–Crippen MR) is 134 cm³/mol. The average molecular weight is 504 g/mol. The molecule has 32 heavy (non-hydrogen) atoms. The van der Waals surface area contributed by atoms with E-state index >= 15 is 0 Å². The van der Waals surface area contributed by atoms with E-state index < -0.39 is 0 Å². The Morgan fingerprint density at radius 2 is 1.66 bits per heavy atom. The van der Waals surface area contributed by atoms with E-state index in [2.05, 4.69) is 10.3 Å². The second-order valence-corrected chi connectivity index (χ2v) is 9.33. The van der Waals surface area contributed by atoms with Gasteiger partial charge in [-0.1, -0.05) is 64.6 Å². The molecule has 1 amide bonds. The number of aryl methyl sites for hydroxylation is 1. The molecule has 0 spiro atoms. The number of amidine groups is 1. The third-order valence-corrected chi connectivity index (χ3v) is 6.25. The number of rotatable bonds is 5. The topological polar surface area (TPSA) is 50.7 Å². The molecular weight excluding hydrogens is 487 g/mol. The van der Waals surface area contributed by atoms with Crippen LogP contribution >= 0.6 is 46.6 Å². The van der Waals surface area contributed by atoms with Gasteiger partial charge in [0.05, 0.1) is 20.6 Å². The lowest BCUT2D eigenvalue weighted by atomic mass is 10.1. The van der Waals surface area contributed by atoms with Crippen molar-refractivity contribution in [1.29, 1.82) is 0 Å². The standard InChI is InChI=1S/C24H17Cl3N2O2S/c1-14-2-4-15(5-3-14)13-31-22-19(26)10-16(11-20(22)27)12-21-23(30)29-24(32-21)28-18-8-6-17(25)7-9-18/h2-12H,13H2,1H3,(H,28,29,30)/b21-12-. The fraction of sp³-hybridized carbons (Fsp3) is 0.0833. The Labute approximate surface area is 205 Å². The minimum atomic E-state index is -0.241. The summed E-state index contributed by atoms with van der Waals surface area (Å²) in [5.74, 6) is 0.166. The van der Waals surface area contributed by atoms with Gasteiger partial charge in [-0.15, -0.1) is 0 Å². The summed E-state index contributed by atoms with van der Waals surface area (Å²) >= 11 is 20.0. The molecule has 4 rings (SSSR count). The second-order valence-electron chi connectivity index (χ2n) is 7.05. The summed E-state index contributed by atoms with van der Waals surface area (Å²) in [6.07, 6.45) is 1.71. The first-order valence-corrected chi connectivity index (χ1v) is 11.5. The molecule has 0 aliphatic carbocycles. The van der Waals surface area contributed by atoms with Crippen molar-refractivity contribution < 1.29 is 9.53 Å². The summed E-state index contributed by atoms with van der Waals surface area (Å²) in [6.45, 7) is 2.38. The van der Waals surface area contributed by atoms with Crippen LogP contribution in [0.4, 0.5) is 5.69 Å². The minimum absolute atomic E-state index is 0.241. The van der Waals surface area contributed by atoms with Crippen molar-refractivity contribution in [3.63, 3.8) is 0 Å². The summed E-state index contributed by atoms with van der Waals surface area (Å²) < 4.78 is 5.83. The molecule has 1 heterocycles. The molecule has 3 aromatic rings. The minimum Gasteiger partial charge on any atom is -0.486 e. The maximum absolute atomic E-state index is 12.4. The summed E-state index contributed by atoms with van der Waals surface area (Å²) in [6, 6.07) is 18.5. The van der Waals surface area contributed by atoms with Gasteiger partial charge in [-0.2, -0.15) is 0 Å². The number of hydrogen-bond donors (Lipinski definition) is 1. The van der Waals surface area contributed by atoms with Crippen LogP contribution < -0.4 is 10.1 Å². The first kappa shape index (κ1) is 22.7. The molecule has 1 saturated heterocycles. The van der Waals surface area contributed by atoms with Crippen LogP contribution in [0.25, 0.3) is 6.08 Å². The van der Waals surface area contributed by atoms with Crippen LogP contribution in [0.15, 0.2) is 70.6 Å². The monoisotopic (exact) mass is 502 g/mol. The fourth-order valence-electron chi connectivity index (χ4n) is 2.91. The molecule has 0 unspecified atom stereocenters.